The van der Waals surface area contributed by atoms with Gasteiger partial charge < -0.3 is 14.4 Å². The lowest BCUT2D eigenvalue weighted by Gasteiger charge is -2.38. The lowest BCUT2D eigenvalue weighted by molar-refractivity contribution is -0.189. The van der Waals surface area contributed by atoms with Gasteiger partial charge in [-0.1, -0.05) is 11.3 Å². The monoisotopic (exact) mass is 298 g/mol. The summed E-state index contributed by atoms with van der Waals surface area (Å²) in [5.74, 6) is -0.127. The quantitative estimate of drug-likeness (QED) is 0.896. The average Bonchev–Trinajstić information content (AvgIpc) is 3.11. The molecule has 2 fully saturated rings. The van der Waals surface area contributed by atoms with Crippen molar-refractivity contribution in [3.8, 4) is 0 Å². The molecule has 2 aliphatic rings. The third-order valence-electron chi connectivity index (χ3n) is 3.96. The van der Waals surface area contributed by atoms with E-state index in [1.165, 1.54) is 11.3 Å². The summed E-state index contributed by atoms with van der Waals surface area (Å²) in [4.78, 5) is 13.9. The number of anilines is 1. The summed E-state index contributed by atoms with van der Waals surface area (Å²) >= 11 is 1.31. The van der Waals surface area contributed by atoms with Gasteiger partial charge in [0.25, 0.3) is 0 Å². The largest absolute Gasteiger partial charge is 0.348 e. The van der Waals surface area contributed by atoms with E-state index >= 15 is 0 Å². The number of ether oxygens (including phenoxy) is 2. The first kappa shape index (κ1) is 13.7. The number of nitrogens with zero attached hydrogens (tertiary/aromatic N) is 3. The molecule has 1 aromatic rings. The lowest BCUT2D eigenvalue weighted by atomic mass is 9.89. The van der Waals surface area contributed by atoms with Crippen LogP contribution in [0.1, 0.15) is 19.8 Å². The fraction of sp³-hybridized carbons (Fsp3) is 0.750. The molecule has 2 amide bonds. The maximum atomic E-state index is 12.1. The first-order valence-corrected chi connectivity index (χ1v) is 7.65. The molecule has 0 bridgehead atoms. The number of amides is 2. The fourth-order valence-electron chi connectivity index (χ4n) is 2.77. The Morgan fingerprint density at radius 2 is 2.15 bits per heavy atom. The van der Waals surface area contributed by atoms with Crippen molar-refractivity contribution < 1.29 is 14.3 Å². The summed E-state index contributed by atoms with van der Waals surface area (Å²) in [7, 11) is 0. The molecule has 1 aromatic heterocycles. The normalized spacial score (nSPS) is 22.9. The van der Waals surface area contributed by atoms with Crippen LogP contribution in [-0.2, 0) is 9.47 Å². The number of rotatable bonds is 2. The predicted octanol–water partition coefficient (Wildman–Crippen LogP) is 1.54. The molecule has 0 radical (unpaired) electrons. The summed E-state index contributed by atoms with van der Waals surface area (Å²) in [6.45, 7) is 4.74. The van der Waals surface area contributed by atoms with Gasteiger partial charge in [0.05, 0.1) is 13.2 Å². The van der Waals surface area contributed by atoms with E-state index in [0.29, 0.717) is 37.4 Å². The Morgan fingerprint density at radius 1 is 1.45 bits per heavy atom. The minimum absolute atomic E-state index is 0.112. The van der Waals surface area contributed by atoms with E-state index in [2.05, 4.69) is 15.5 Å². The molecule has 20 heavy (non-hydrogen) atoms. The van der Waals surface area contributed by atoms with Crippen molar-refractivity contribution in [3.63, 3.8) is 0 Å². The van der Waals surface area contributed by atoms with Gasteiger partial charge in [0.15, 0.2) is 5.79 Å². The molecular formula is C12H18N4O3S. The zero-order valence-electron chi connectivity index (χ0n) is 11.4. The van der Waals surface area contributed by atoms with Crippen LogP contribution in [0.4, 0.5) is 9.93 Å². The van der Waals surface area contributed by atoms with Gasteiger partial charge in [-0.15, -0.1) is 10.2 Å². The minimum Gasteiger partial charge on any atom is -0.348 e. The molecule has 0 saturated carbocycles. The van der Waals surface area contributed by atoms with Gasteiger partial charge in [0.2, 0.25) is 5.13 Å². The number of carbonyl (C=O) groups is 1. The van der Waals surface area contributed by atoms with E-state index in [0.717, 1.165) is 12.8 Å². The summed E-state index contributed by atoms with van der Waals surface area (Å²) in [5.41, 5.74) is 1.59. The van der Waals surface area contributed by atoms with Crippen molar-refractivity contribution in [2.45, 2.75) is 25.6 Å². The minimum atomic E-state index is -0.470. The number of hydrogen-bond donors (Lipinski definition) is 1. The first-order chi connectivity index (χ1) is 9.67. The van der Waals surface area contributed by atoms with Crippen molar-refractivity contribution in [1.82, 2.24) is 15.1 Å². The van der Waals surface area contributed by atoms with Crippen molar-refractivity contribution in [1.29, 1.82) is 0 Å². The zero-order chi connectivity index (χ0) is 14.0. The van der Waals surface area contributed by atoms with Gasteiger partial charge in [-0.05, 0) is 19.8 Å². The Labute approximate surface area is 121 Å². The first-order valence-electron chi connectivity index (χ1n) is 6.77. The second-order valence-corrected chi connectivity index (χ2v) is 5.98. The molecule has 0 aliphatic carbocycles. The van der Waals surface area contributed by atoms with Crippen LogP contribution in [0.5, 0.6) is 0 Å². The highest BCUT2D eigenvalue weighted by Crippen LogP contribution is 2.35. The van der Waals surface area contributed by atoms with Gasteiger partial charge in [-0.2, -0.15) is 0 Å². The second-order valence-electron chi connectivity index (χ2n) is 5.15. The van der Waals surface area contributed by atoms with Crippen molar-refractivity contribution >= 4 is 22.5 Å². The summed E-state index contributed by atoms with van der Waals surface area (Å²) in [6, 6.07) is -0.112. The highest BCUT2D eigenvalue weighted by atomic mass is 32.1. The molecule has 0 aromatic carbocycles. The molecular weight excluding hydrogens is 280 g/mol. The molecule has 1 N–H and O–H groups in total. The molecule has 8 heteroatoms. The summed E-state index contributed by atoms with van der Waals surface area (Å²) in [5, 5.41) is 10.8. The lowest BCUT2D eigenvalue weighted by Crippen LogP contribution is -2.47. The number of urea groups is 1. The molecule has 2 saturated heterocycles. The number of carbonyl (C=O) groups excluding carboxylic acids is 1. The van der Waals surface area contributed by atoms with Gasteiger partial charge in [0.1, 0.15) is 5.51 Å². The smallest absolute Gasteiger partial charge is 0.323 e. The Balaban J connectivity index is 1.52. The van der Waals surface area contributed by atoms with Crippen LogP contribution in [-0.4, -0.2) is 53.2 Å². The Bertz CT molecular complexity index is 453. The molecule has 3 rings (SSSR count). The Morgan fingerprint density at radius 3 is 2.75 bits per heavy atom. The molecule has 7 nitrogen and oxygen atoms in total. The molecule has 110 valence electrons. The molecule has 0 spiro atoms. The van der Waals surface area contributed by atoms with Gasteiger partial charge >= 0.3 is 6.03 Å². The van der Waals surface area contributed by atoms with E-state index in [1.807, 2.05) is 6.92 Å². The molecule has 2 aliphatic heterocycles. The standard InChI is InChI=1S/C12H18N4O3S/c1-12(18-6-7-19-12)9-2-4-16(5-3-9)11(17)14-10-15-13-8-20-10/h8-9H,2-7H2,1H3,(H,14,15,17). The Kier molecular flexibility index (Phi) is 3.86. The SMILES string of the molecule is CC1(C2CCN(C(=O)Nc3nncs3)CC2)OCCO1. The number of likely N-dealkylation sites (tertiary alicyclic amines) is 1. The van der Waals surface area contributed by atoms with Gasteiger partial charge in [-0.3, -0.25) is 5.32 Å². The predicted molar refractivity (Wildman–Crippen MR) is 73.5 cm³/mol. The number of nitrogens with one attached hydrogen (secondary N) is 1. The molecule has 0 unspecified atom stereocenters. The van der Waals surface area contributed by atoms with Crippen LogP contribution < -0.4 is 5.32 Å². The zero-order valence-corrected chi connectivity index (χ0v) is 12.2. The highest BCUT2D eigenvalue weighted by molar-refractivity contribution is 7.13. The molecule has 3 heterocycles. The third-order valence-corrected chi connectivity index (χ3v) is 4.56. The average molecular weight is 298 g/mol. The number of hydrogen-bond acceptors (Lipinski definition) is 6. The summed E-state index contributed by atoms with van der Waals surface area (Å²) < 4.78 is 11.4. The maximum absolute atomic E-state index is 12.1. The van der Waals surface area contributed by atoms with Crippen molar-refractivity contribution in [2.75, 3.05) is 31.6 Å². The van der Waals surface area contributed by atoms with Gasteiger partial charge in [0, 0.05) is 19.0 Å². The third kappa shape index (κ3) is 2.77. The highest BCUT2D eigenvalue weighted by Gasteiger charge is 2.41. The van der Waals surface area contributed by atoms with Crippen molar-refractivity contribution in [2.24, 2.45) is 5.92 Å². The second kappa shape index (κ2) is 5.63. The van der Waals surface area contributed by atoms with Crippen LogP contribution in [0.25, 0.3) is 0 Å². The number of piperidine rings is 1. The Hall–Kier alpha value is -1.25. The molecule has 0 atom stereocenters. The van der Waals surface area contributed by atoms with E-state index in [1.54, 1.807) is 10.4 Å². The topological polar surface area (TPSA) is 76.6 Å². The van der Waals surface area contributed by atoms with Crippen LogP contribution in [0, 0.1) is 5.92 Å². The van der Waals surface area contributed by atoms with E-state index in [-0.39, 0.29) is 6.03 Å². The van der Waals surface area contributed by atoms with E-state index < -0.39 is 5.79 Å². The fourth-order valence-corrected chi connectivity index (χ4v) is 3.21. The van der Waals surface area contributed by atoms with E-state index in [4.69, 9.17) is 9.47 Å². The van der Waals surface area contributed by atoms with Crippen molar-refractivity contribution in [3.05, 3.63) is 5.51 Å². The number of aromatic nitrogens is 2. The van der Waals surface area contributed by atoms with Crippen LogP contribution in [0.3, 0.4) is 0 Å². The van der Waals surface area contributed by atoms with Crippen LogP contribution in [0.15, 0.2) is 5.51 Å². The summed E-state index contributed by atoms with van der Waals surface area (Å²) in [6.07, 6.45) is 1.78. The maximum Gasteiger partial charge on any atom is 0.323 e. The van der Waals surface area contributed by atoms with Crippen LogP contribution in [0.2, 0.25) is 0 Å². The van der Waals surface area contributed by atoms with E-state index in [9.17, 15) is 4.79 Å². The van der Waals surface area contributed by atoms with Crippen LogP contribution >= 0.6 is 11.3 Å². The van der Waals surface area contributed by atoms with Gasteiger partial charge in [-0.25, -0.2) is 4.79 Å².